The summed E-state index contributed by atoms with van der Waals surface area (Å²) in [7, 11) is 3.52. The van der Waals surface area contributed by atoms with Crippen molar-refractivity contribution in [3.05, 3.63) is 0 Å². The average Bonchev–Trinajstić information content (AvgIpc) is 2.73. The number of carbonyl (C=O) groups is 3. The first kappa shape index (κ1) is 20.0. The van der Waals surface area contributed by atoms with E-state index in [1.165, 1.54) is 19.3 Å². The number of hydrogen-bond donors (Lipinski definition) is 0. The molecule has 2 saturated heterocycles. The van der Waals surface area contributed by atoms with Crippen molar-refractivity contribution in [2.24, 2.45) is 11.8 Å². The summed E-state index contributed by atoms with van der Waals surface area (Å²) in [5, 5.41) is 0. The van der Waals surface area contributed by atoms with E-state index in [2.05, 4.69) is 0 Å². The highest BCUT2D eigenvalue weighted by Crippen LogP contribution is 2.26. The van der Waals surface area contributed by atoms with Gasteiger partial charge in [0.2, 0.25) is 11.8 Å². The predicted molar refractivity (Wildman–Crippen MR) is 103 cm³/mol. The highest BCUT2D eigenvalue weighted by Gasteiger charge is 2.34. The first-order valence-electron chi connectivity index (χ1n) is 10.5. The largest absolute Gasteiger partial charge is 0.339 e. The fourth-order valence-electron chi connectivity index (χ4n) is 4.61. The number of rotatable bonds is 2. The Bertz CT molecular complexity index is 543. The molecule has 0 atom stereocenters. The molecule has 0 unspecified atom stereocenters. The third-order valence-corrected chi connectivity index (χ3v) is 6.35. The van der Waals surface area contributed by atoms with Gasteiger partial charge in [0.1, 0.15) is 0 Å². The first-order valence-corrected chi connectivity index (χ1v) is 10.5. The minimum atomic E-state index is 0.0109. The fourth-order valence-corrected chi connectivity index (χ4v) is 4.61. The van der Waals surface area contributed by atoms with E-state index in [1.807, 2.05) is 14.7 Å². The summed E-state index contributed by atoms with van der Waals surface area (Å²) < 4.78 is 0. The molecule has 0 radical (unpaired) electrons. The molecule has 7 heteroatoms. The van der Waals surface area contributed by atoms with Crippen molar-refractivity contribution in [3.63, 3.8) is 0 Å². The molecule has 0 spiro atoms. The van der Waals surface area contributed by atoms with Gasteiger partial charge in [0.15, 0.2) is 0 Å². The van der Waals surface area contributed by atoms with Crippen molar-refractivity contribution in [1.29, 1.82) is 0 Å². The highest BCUT2D eigenvalue weighted by atomic mass is 16.2. The number of carbonyl (C=O) groups excluding carboxylic acids is 3. The van der Waals surface area contributed by atoms with Gasteiger partial charge in [-0.3, -0.25) is 9.59 Å². The Morgan fingerprint density at radius 1 is 0.630 bits per heavy atom. The molecule has 1 saturated carbocycles. The van der Waals surface area contributed by atoms with E-state index in [-0.39, 0.29) is 23.8 Å². The molecule has 4 amide bonds. The lowest BCUT2D eigenvalue weighted by Crippen LogP contribution is -2.54. The van der Waals surface area contributed by atoms with Gasteiger partial charge in [0.05, 0.1) is 0 Å². The maximum Gasteiger partial charge on any atom is 0.319 e. The summed E-state index contributed by atoms with van der Waals surface area (Å²) in [6.45, 7) is 3.92. The van der Waals surface area contributed by atoms with E-state index in [0.717, 1.165) is 25.7 Å². The number of hydrogen-bond acceptors (Lipinski definition) is 3. The lowest BCUT2D eigenvalue weighted by Gasteiger charge is -2.40. The van der Waals surface area contributed by atoms with Gasteiger partial charge < -0.3 is 19.6 Å². The zero-order valence-electron chi connectivity index (χ0n) is 16.9. The number of likely N-dealkylation sites (tertiary alicyclic amines) is 1. The molecule has 152 valence electrons. The molecule has 3 rings (SSSR count). The molecule has 0 aromatic rings. The summed E-state index contributed by atoms with van der Waals surface area (Å²) in [6, 6.07) is 0.0238. The van der Waals surface area contributed by atoms with Crippen molar-refractivity contribution in [2.45, 2.75) is 44.9 Å². The van der Waals surface area contributed by atoms with Gasteiger partial charge in [-0.05, 0) is 25.7 Å². The Morgan fingerprint density at radius 2 is 1.07 bits per heavy atom. The van der Waals surface area contributed by atoms with Crippen molar-refractivity contribution >= 4 is 17.8 Å². The van der Waals surface area contributed by atoms with Gasteiger partial charge in [-0.1, -0.05) is 19.3 Å². The van der Waals surface area contributed by atoms with Crippen molar-refractivity contribution in [3.8, 4) is 0 Å². The fraction of sp³-hybridized carbons (Fsp3) is 0.850. The molecule has 0 aromatic carbocycles. The third-order valence-electron chi connectivity index (χ3n) is 6.35. The van der Waals surface area contributed by atoms with Gasteiger partial charge in [0.25, 0.3) is 0 Å². The number of piperazine rings is 1. The van der Waals surface area contributed by atoms with Crippen LogP contribution in [0.5, 0.6) is 0 Å². The lowest BCUT2D eigenvalue weighted by molar-refractivity contribution is -0.145. The number of amides is 4. The molecule has 3 fully saturated rings. The van der Waals surface area contributed by atoms with Crippen LogP contribution in [0, 0.1) is 11.8 Å². The lowest BCUT2D eigenvalue weighted by atomic mass is 9.88. The van der Waals surface area contributed by atoms with Crippen LogP contribution in [0.2, 0.25) is 0 Å². The monoisotopic (exact) mass is 378 g/mol. The van der Waals surface area contributed by atoms with Gasteiger partial charge >= 0.3 is 6.03 Å². The third kappa shape index (κ3) is 4.74. The van der Waals surface area contributed by atoms with Crippen molar-refractivity contribution in [1.82, 2.24) is 19.6 Å². The van der Waals surface area contributed by atoms with E-state index >= 15 is 0 Å². The Hall–Kier alpha value is -1.79. The van der Waals surface area contributed by atoms with Crippen LogP contribution in [0.1, 0.15) is 44.9 Å². The molecule has 27 heavy (non-hydrogen) atoms. The second-order valence-corrected chi connectivity index (χ2v) is 8.42. The standard InChI is InChI=1S/C20H34N4O3/c1-21(2)20(27)24-10-8-17(9-11-24)19(26)23-14-12-22(13-15-23)18(25)16-6-4-3-5-7-16/h16-17H,3-15H2,1-2H3. The van der Waals surface area contributed by atoms with Crippen LogP contribution in [0.4, 0.5) is 4.79 Å². The molecule has 0 N–H and O–H groups in total. The molecule has 2 heterocycles. The molecule has 1 aliphatic carbocycles. The summed E-state index contributed by atoms with van der Waals surface area (Å²) in [6.07, 6.45) is 7.13. The minimum absolute atomic E-state index is 0.0109. The summed E-state index contributed by atoms with van der Waals surface area (Å²) >= 11 is 0. The SMILES string of the molecule is CN(C)C(=O)N1CCC(C(=O)N2CCN(C(=O)C3CCCCC3)CC2)CC1. The van der Waals surface area contributed by atoms with E-state index in [9.17, 15) is 14.4 Å². The van der Waals surface area contributed by atoms with Gasteiger partial charge in [-0.2, -0.15) is 0 Å². The van der Waals surface area contributed by atoms with Gasteiger partial charge in [-0.15, -0.1) is 0 Å². The predicted octanol–water partition coefficient (Wildman–Crippen LogP) is 1.63. The maximum absolute atomic E-state index is 12.9. The second kappa shape index (κ2) is 8.93. The number of piperidine rings is 1. The molecule has 0 aromatic heterocycles. The minimum Gasteiger partial charge on any atom is -0.339 e. The van der Waals surface area contributed by atoms with E-state index in [1.54, 1.807) is 19.0 Å². The zero-order valence-corrected chi connectivity index (χ0v) is 16.9. The van der Waals surface area contributed by atoms with Crippen molar-refractivity contribution < 1.29 is 14.4 Å². The van der Waals surface area contributed by atoms with Crippen molar-refractivity contribution in [2.75, 3.05) is 53.4 Å². The Kier molecular flexibility index (Phi) is 6.60. The highest BCUT2D eigenvalue weighted by molar-refractivity contribution is 5.81. The smallest absolute Gasteiger partial charge is 0.319 e. The van der Waals surface area contributed by atoms with E-state index < -0.39 is 0 Å². The molecular weight excluding hydrogens is 344 g/mol. The molecular formula is C20H34N4O3. The summed E-state index contributed by atoms with van der Waals surface area (Å²) in [5.41, 5.74) is 0. The van der Waals surface area contributed by atoms with Crippen LogP contribution in [-0.4, -0.2) is 90.8 Å². The summed E-state index contributed by atoms with van der Waals surface area (Å²) in [5.74, 6) is 0.727. The average molecular weight is 379 g/mol. The molecule has 0 bridgehead atoms. The molecule has 7 nitrogen and oxygen atoms in total. The Balaban J connectivity index is 1.43. The van der Waals surface area contributed by atoms with Crippen LogP contribution in [0.25, 0.3) is 0 Å². The maximum atomic E-state index is 12.9. The van der Waals surface area contributed by atoms with Crippen LogP contribution < -0.4 is 0 Å². The van der Waals surface area contributed by atoms with Crippen LogP contribution in [-0.2, 0) is 9.59 Å². The van der Waals surface area contributed by atoms with Gasteiger partial charge in [0, 0.05) is 65.2 Å². The second-order valence-electron chi connectivity index (χ2n) is 8.42. The Morgan fingerprint density at radius 3 is 1.52 bits per heavy atom. The summed E-state index contributed by atoms with van der Waals surface area (Å²) in [4.78, 5) is 44.9. The van der Waals surface area contributed by atoms with Crippen LogP contribution in [0.15, 0.2) is 0 Å². The topological polar surface area (TPSA) is 64.2 Å². The van der Waals surface area contributed by atoms with E-state index in [0.29, 0.717) is 45.2 Å². The normalized spacial score (nSPS) is 22.7. The van der Waals surface area contributed by atoms with Crippen LogP contribution >= 0.6 is 0 Å². The van der Waals surface area contributed by atoms with E-state index in [4.69, 9.17) is 0 Å². The zero-order chi connectivity index (χ0) is 19.4. The number of nitrogens with zero attached hydrogens (tertiary/aromatic N) is 4. The number of urea groups is 1. The molecule has 2 aliphatic heterocycles. The Labute approximate surface area is 162 Å². The molecule has 3 aliphatic rings. The first-order chi connectivity index (χ1) is 13.0. The quantitative estimate of drug-likeness (QED) is 0.734. The van der Waals surface area contributed by atoms with Crippen LogP contribution in [0.3, 0.4) is 0 Å². The van der Waals surface area contributed by atoms with Gasteiger partial charge in [-0.25, -0.2) is 4.79 Å².